The van der Waals surface area contributed by atoms with Crippen molar-refractivity contribution in [1.29, 1.82) is 0 Å². The molecule has 0 radical (unpaired) electrons. The van der Waals surface area contributed by atoms with Gasteiger partial charge in [0.25, 0.3) is 5.91 Å². The summed E-state index contributed by atoms with van der Waals surface area (Å²) in [4.78, 5) is 11.7. The normalized spacial score (nSPS) is 15.8. The summed E-state index contributed by atoms with van der Waals surface area (Å²) in [6.07, 6.45) is -20.9. The van der Waals surface area contributed by atoms with Gasteiger partial charge in [0.05, 0.1) is 0 Å². The van der Waals surface area contributed by atoms with Crippen molar-refractivity contribution in [3.63, 3.8) is 0 Å². The van der Waals surface area contributed by atoms with Crippen LogP contribution in [0.5, 0.6) is 0 Å². The highest BCUT2D eigenvalue weighted by Gasteiger charge is 2.79. The number of hydrogen-bond acceptors (Lipinski definition) is 2. The molecule has 3 nitrogen and oxygen atoms in total. The zero-order valence-corrected chi connectivity index (χ0v) is 14.6. The number of carbonyl (C=O) groups is 1. The van der Waals surface area contributed by atoms with E-state index < -0.39 is 41.8 Å². The van der Waals surface area contributed by atoms with Gasteiger partial charge in [0, 0.05) is 5.69 Å². The van der Waals surface area contributed by atoms with Crippen molar-refractivity contribution in [1.82, 2.24) is 0 Å². The Morgan fingerprint density at radius 1 is 0.793 bits per heavy atom. The number of hydrogen-bond donors (Lipinski definition) is 1. The van der Waals surface area contributed by atoms with Crippen molar-refractivity contribution >= 4 is 11.6 Å². The second-order valence-electron chi connectivity index (χ2n) is 6.01. The van der Waals surface area contributed by atoms with E-state index in [9.17, 15) is 53.1 Å². The molecule has 0 heterocycles. The number of nitrogens with one attached hydrogen (secondary N) is 1. The topological polar surface area (TPSA) is 38.3 Å². The quantitative estimate of drug-likeness (QED) is 0.599. The maximum atomic E-state index is 14.2. The molecule has 0 fully saturated rings. The fraction of sp³-hybridized carbons (Fsp3) is 0.533. The highest BCUT2D eigenvalue weighted by Crippen LogP contribution is 2.51. The molecular weight excluding hydrogens is 435 g/mol. The molecule has 29 heavy (non-hydrogen) atoms. The molecule has 0 aromatic heterocycles. The Morgan fingerprint density at radius 2 is 1.21 bits per heavy atom. The van der Waals surface area contributed by atoms with E-state index in [4.69, 9.17) is 0 Å². The molecular formula is C15H12F11NO2. The molecule has 1 rings (SSSR count). The first-order chi connectivity index (χ1) is 12.7. The van der Waals surface area contributed by atoms with Gasteiger partial charge in [0.2, 0.25) is 0 Å². The van der Waals surface area contributed by atoms with Crippen molar-refractivity contribution < 1.29 is 57.8 Å². The molecule has 1 aromatic carbocycles. The molecule has 0 bridgehead atoms. The van der Waals surface area contributed by atoms with Crippen LogP contribution in [0.25, 0.3) is 0 Å². The van der Waals surface area contributed by atoms with Crippen molar-refractivity contribution in [2.45, 2.75) is 51.0 Å². The molecule has 1 amide bonds. The van der Waals surface area contributed by atoms with E-state index >= 15 is 0 Å². The lowest BCUT2D eigenvalue weighted by atomic mass is 10.0. The second-order valence-corrected chi connectivity index (χ2v) is 6.01. The van der Waals surface area contributed by atoms with Gasteiger partial charge in [0.15, 0.2) is 0 Å². The molecule has 1 atom stereocenters. The average molecular weight is 447 g/mol. The van der Waals surface area contributed by atoms with Gasteiger partial charge in [0.1, 0.15) is 0 Å². The lowest BCUT2D eigenvalue weighted by molar-refractivity contribution is -0.472. The van der Waals surface area contributed by atoms with Crippen LogP contribution in [0.1, 0.15) is 16.7 Å². The Labute approximate surface area is 155 Å². The van der Waals surface area contributed by atoms with Crippen molar-refractivity contribution in [2.24, 2.45) is 0 Å². The monoisotopic (exact) mass is 447 g/mol. The van der Waals surface area contributed by atoms with Crippen molar-refractivity contribution in [3.8, 4) is 0 Å². The number of amides is 1. The smallest absolute Gasteiger partial charge is 0.320 e. The highest BCUT2D eigenvalue weighted by atomic mass is 19.4. The molecule has 0 saturated heterocycles. The Balaban J connectivity index is 3.41. The van der Waals surface area contributed by atoms with Crippen LogP contribution >= 0.6 is 0 Å². The van der Waals surface area contributed by atoms with Gasteiger partial charge in [-0.25, -0.2) is 0 Å². The van der Waals surface area contributed by atoms with Crippen LogP contribution in [0.4, 0.5) is 54.0 Å². The number of carbonyl (C=O) groups excluding carboxylic acids is 1. The van der Waals surface area contributed by atoms with E-state index in [0.29, 0.717) is 5.56 Å². The summed E-state index contributed by atoms with van der Waals surface area (Å²) in [5.74, 6) is -16.6. The summed E-state index contributed by atoms with van der Waals surface area (Å²) in [5, 5.41) is 1.25. The summed E-state index contributed by atoms with van der Waals surface area (Å²) in [7, 11) is 0. The van der Waals surface area contributed by atoms with Gasteiger partial charge in [-0.05, 0) is 31.9 Å². The number of ether oxygens (including phenoxy) is 1. The van der Waals surface area contributed by atoms with E-state index in [0.717, 1.165) is 0 Å². The molecule has 14 heteroatoms. The number of rotatable bonds is 5. The highest BCUT2D eigenvalue weighted by molar-refractivity contribution is 5.98. The first kappa shape index (κ1) is 24.9. The predicted molar refractivity (Wildman–Crippen MR) is 76.2 cm³/mol. The molecule has 0 saturated carbocycles. The van der Waals surface area contributed by atoms with Crippen LogP contribution < -0.4 is 5.32 Å². The van der Waals surface area contributed by atoms with Crippen LogP contribution in [0, 0.1) is 20.8 Å². The Morgan fingerprint density at radius 3 is 1.55 bits per heavy atom. The van der Waals surface area contributed by atoms with Crippen molar-refractivity contribution in [3.05, 3.63) is 28.8 Å². The molecule has 1 aromatic rings. The van der Waals surface area contributed by atoms with Gasteiger partial charge in [-0.15, -0.1) is 0 Å². The summed E-state index contributed by atoms with van der Waals surface area (Å²) >= 11 is 0. The van der Waals surface area contributed by atoms with E-state index in [2.05, 4.69) is 4.74 Å². The SMILES string of the molecule is Cc1cc(C)c(NC(=O)[C@](F)(OC(F)(F)C(F)(F)C(F)(F)F)C(F)(F)F)c(C)c1. The molecule has 1 N–H and O–H groups in total. The fourth-order valence-corrected chi connectivity index (χ4v) is 2.21. The molecule has 0 aliphatic rings. The fourth-order valence-electron chi connectivity index (χ4n) is 2.21. The van der Waals surface area contributed by atoms with E-state index in [-0.39, 0.29) is 11.1 Å². The lowest BCUT2D eigenvalue weighted by Gasteiger charge is -2.34. The maximum Gasteiger partial charge on any atom is 0.462 e. The number of anilines is 1. The van der Waals surface area contributed by atoms with Crippen LogP contribution in [-0.2, 0) is 9.53 Å². The molecule has 0 unspecified atom stereocenters. The Kier molecular flexibility index (Phi) is 6.26. The molecule has 0 aliphatic heterocycles. The molecule has 0 spiro atoms. The number of aryl methyl sites for hydroxylation is 3. The minimum Gasteiger partial charge on any atom is -0.320 e. The van der Waals surface area contributed by atoms with E-state index in [1.807, 2.05) is 0 Å². The third-order valence-electron chi connectivity index (χ3n) is 3.56. The standard InChI is InChI=1S/C15H12F11NO2/c1-6-4-7(2)9(8(3)5-6)27-10(28)11(16,13(19,20)21)29-15(25,26)12(17,18)14(22,23)24/h4-5H,1-3H3,(H,27,28)/t11-/m0/s1. The van der Waals surface area contributed by atoms with Gasteiger partial charge in [-0.3, -0.25) is 9.53 Å². The zero-order valence-electron chi connectivity index (χ0n) is 14.6. The number of alkyl halides is 11. The first-order valence-corrected chi connectivity index (χ1v) is 7.35. The Bertz CT molecular complexity index is 762. The van der Waals surface area contributed by atoms with Gasteiger partial charge in [-0.2, -0.15) is 48.3 Å². The van der Waals surface area contributed by atoms with Crippen LogP contribution in [0.2, 0.25) is 0 Å². The minimum absolute atomic E-state index is 0.0211. The molecule has 0 aliphatic carbocycles. The summed E-state index contributed by atoms with van der Waals surface area (Å²) in [5.41, 5.74) is 0.0646. The first-order valence-electron chi connectivity index (χ1n) is 7.35. The van der Waals surface area contributed by atoms with Crippen LogP contribution in [0.15, 0.2) is 12.1 Å². The third-order valence-corrected chi connectivity index (χ3v) is 3.56. The number of halogens is 11. The van der Waals surface area contributed by atoms with Gasteiger partial charge in [-0.1, -0.05) is 17.7 Å². The summed E-state index contributed by atoms with van der Waals surface area (Å²) in [6.45, 7) is 3.97. The largest absolute Gasteiger partial charge is 0.462 e. The van der Waals surface area contributed by atoms with E-state index in [1.54, 1.807) is 0 Å². The maximum absolute atomic E-state index is 14.2. The number of benzene rings is 1. The average Bonchev–Trinajstić information content (AvgIpc) is 2.47. The van der Waals surface area contributed by atoms with Crippen molar-refractivity contribution in [2.75, 3.05) is 5.32 Å². The zero-order chi connectivity index (χ0) is 23.2. The lowest BCUT2D eigenvalue weighted by Crippen LogP contribution is -2.62. The van der Waals surface area contributed by atoms with E-state index in [1.165, 1.54) is 38.2 Å². The Hall–Kier alpha value is -2.12. The summed E-state index contributed by atoms with van der Waals surface area (Å²) < 4.78 is 143. The predicted octanol–water partition coefficient (Wildman–Crippen LogP) is 5.59. The minimum atomic E-state index is -7.24. The molecule has 166 valence electrons. The second kappa shape index (κ2) is 7.29. The third kappa shape index (κ3) is 4.56. The van der Waals surface area contributed by atoms with Crippen LogP contribution in [0.3, 0.4) is 0 Å². The van der Waals surface area contributed by atoms with Crippen LogP contribution in [-0.4, -0.2) is 36.1 Å². The summed E-state index contributed by atoms with van der Waals surface area (Å²) in [6, 6.07) is 2.56. The van der Waals surface area contributed by atoms with Gasteiger partial charge < -0.3 is 5.32 Å². The van der Waals surface area contributed by atoms with Gasteiger partial charge >= 0.3 is 30.2 Å².